The second kappa shape index (κ2) is 14.9. The lowest BCUT2D eigenvalue weighted by Crippen LogP contribution is -2.07. The van der Waals surface area contributed by atoms with Gasteiger partial charge in [-0.25, -0.2) is 4.85 Å². The normalized spacial score (nSPS) is 11.8. The highest BCUT2D eigenvalue weighted by molar-refractivity contribution is 6.13. The molecule has 310 valence electrons. The Morgan fingerprint density at radius 3 is 1.36 bits per heavy atom. The summed E-state index contributed by atoms with van der Waals surface area (Å²) in [7, 11) is 0. The predicted octanol–water partition coefficient (Wildman–Crippen LogP) is 16.2. The molecule has 10 aromatic rings. The fourth-order valence-electron chi connectivity index (χ4n) is 10.4. The number of alkyl halides is 3. The molecule has 0 saturated carbocycles. The molecule has 10 rings (SSSR count). The smallest absolute Gasteiger partial charge is 0.309 e. The van der Waals surface area contributed by atoms with Crippen LogP contribution in [0.3, 0.4) is 0 Å². The van der Waals surface area contributed by atoms with Crippen LogP contribution in [-0.4, -0.2) is 9.13 Å². The van der Waals surface area contributed by atoms with Crippen molar-refractivity contribution in [3.05, 3.63) is 195 Å². The van der Waals surface area contributed by atoms with Gasteiger partial charge in [-0.15, -0.1) is 0 Å². The summed E-state index contributed by atoms with van der Waals surface area (Å²) in [6.45, 7) is 21.0. The largest absolute Gasteiger partial charge is 0.415 e. The van der Waals surface area contributed by atoms with Crippen molar-refractivity contribution >= 4 is 49.3 Å². The number of fused-ring (bicyclic) bond motifs is 6. The predicted molar refractivity (Wildman–Crippen MR) is 256 cm³/mol. The maximum atomic E-state index is 14.4. The molecular weight excluding hydrogens is 798 g/mol. The van der Waals surface area contributed by atoms with Crippen LogP contribution in [0.25, 0.3) is 93.2 Å². The van der Waals surface area contributed by atoms with Crippen molar-refractivity contribution in [2.75, 3.05) is 0 Å². The van der Waals surface area contributed by atoms with Gasteiger partial charge in [0.15, 0.2) is 5.69 Å². The lowest BCUT2D eigenvalue weighted by atomic mass is 9.93. The van der Waals surface area contributed by atoms with Crippen LogP contribution in [0.5, 0.6) is 0 Å². The average Bonchev–Trinajstić information content (AvgIpc) is 3.77. The number of aryl methyl sites for hydroxylation is 6. The van der Waals surface area contributed by atoms with Crippen molar-refractivity contribution in [2.24, 2.45) is 0 Å². The Kier molecular flexibility index (Phi) is 9.36. The van der Waals surface area contributed by atoms with Gasteiger partial charge in [0.2, 0.25) is 0 Å². The SMILES string of the molecule is [C-]#[N+]c1cc(C(F)(F)F)ccc1-c1c(-n2c3ccccc3c3ccc(-c4c(C)cc(C)cc4C)cc32)cc(C#N)cc1-n1c2ccccc2c2ccc(-c3c(C)cc(C)cc3C)cc21. The molecule has 0 amide bonds. The van der Waals surface area contributed by atoms with E-state index in [1.807, 2.05) is 48.5 Å². The Morgan fingerprint density at radius 1 is 0.500 bits per heavy atom. The van der Waals surface area contributed by atoms with Gasteiger partial charge in [0, 0.05) is 32.7 Å². The fourth-order valence-corrected chi connectivity index (χ4v) is 10.4. The van der Waals surface area contributed by atoms with Crippen molar-refractivity contribution in [3.8, 4) is 50.8 Å². The van der Waals surface area contributed by atoms with E-state index >= 15 is 0 Å². The summed E-state index contributed by atoms with van der Waals surface area (Å²) in [5.74, 6) is 0. The molecule has 0 aliphatic rings. The van der Waals surface area contributed by atoms with Crippen molar-refractivity contribution in [1.29, 1.82) is 5.26 Å². The van der Waals surface area contributed by atoms with E-state index < -0.39 is 11.7 Å². The maximum Gasteiger partial charge on any atom is 0.415 e. The lowest BCUT2D eigenvalue weighted by Gasteiger charge is -2.22. The third-order valence-electron chi connectivity index (χ3n) is 12.7. The third-order valence-corrected chi connectivity index (χ3v) is 12.7. The molecule has 0 atom stereocenters. The van der Waals surface area contributed by atoms with Gasteiger partial charge in [-0.2, -0.15) is 18.4 Å². The first-order valence-corrected chi connectivity index (χ1v) is 21.2. The number of nitrogens with zero attached hydrogens (tertiary/aromatic N) is 4. The van der Waals surface area contributed by atoms with E-state index in [4.69, 9.17) is 6.57 Å². The minimum Gasteiger partial charge on any atom is -0.309 e. The standard InChI is InChI=1S/C57H41F3N4/c1-32-22-34(3)54(35(4)23-32)39-16-19-44-42-12-8-10-14-48(42)63(50(44)28-39)52-26-38(31-61)27-53(56(52)46-21-18-41(57(58,59)60)30-47(46)62-7)64-49-15-11-9-13-43(49)45-20-17-40(29-51(45)64)55-36(5)24-33(2)25-37(55)6/h8-30H,1-6H3. The topological polar surface area (TPSA) is 38.0 Å². The molecule has 8 aromatic carbocycles. The van der Waals surface area contributed by atoms with Gasteiger partial charge in [-0.05, 0) is 134 Å². The molecule has 4 nitrogen and oxygen atoms in total. The van der Waals surface area contributed by atoms with Crippen molar-refractivity contribution in [1.82, 2.24) is 9.13 Å². The summed E-state index contributed by atoms with van der Waals surface area (Å²) < 4.78 is 47.5. The summed E-state index contributed by atoms with van der Waals surface area (Å²) in [5, 5.41) is 14.8. The van der Waals surface area contributed by atoms with Crippen LogP contribution in [0.15, 0.2) is 140 Å². The van der Waals surface area contributed by atoms with E-state index in [-0.39, 0.29) is 5.69 Å². The van der Waals surface area contributed by atoms with E-state index in [2.05, 4.69) is 134 Å². The minimum absolute atomic E-state index is 0.151. The van der Waals surface area contributed by atoms with Gasteiger partial charge >= 0.3 is 6.18 Å². The number of para-hydroxylation sites is 2. The molecule has 7 heteroatoms. The number of halogens is 3. The third kappa shape index (κ3) is 6.35. The van der Waals surface area contributed by atoms with Crippen LogP contribution in [0.1, 0.15) is 44.5 Å². The Balaban J connectivity index is 1.39. The molecule has 64 heavy (non-hydrogen) atoms. The van der Waals surface area contributed by atoms with E-state index in [9.17, 15) is 18.4 Å². The zero-order valence-electron chi connectivity index (χ0n) is 36.2. The van der Waals surface area contributed by atoms with E-state index in [0.717, 1.165) is 100 Å². The van der Waals surface area contributed by atoms with Crippen LogP contribution < -0.4 is 0 Å². The molecule has 0 spiro atoms. The highest BCUT2D eigenvalue weighted by atomic mass is 19.4. The number of hydrogen-bond donors (Lipinski definition) is 0. The van der Waals surface area contributed by atoms with Crippen LogP contribution in [0.2, 0.25) is 0 Å². The van der Waals surface area contributed by atoms with Crippen LogP contribution in [-0.2, 0) is 6.18 Å². The van der Waals surface area contributed by atoms with Gasteiger partial charge < -0.3 is 9.13 Å². The molecule has 0 fully saturated rings. The first-order valence-electron chi connectivity index (χ1n) is 21.2. The summed E-state index contributed by atoms with van der Waals surface area (Å²) in [6.07, 6.45) is -4.67. The van der Waals surface area contributed by atoms with Crippen molar-refractivity contribution in [3.63, 3.8) is 0 Å². The van der Waals surface area contributed by atoms with Crippen molar-refractivity contribution in [2.45, 2.75) is 47.7 Å². The monoisotopic (exact) mass is 838 g/mol. The zero-order valence-corrected chi connectivity index (χ0v) is 36.2. The minimum atomic E-state index is -4.67. The Bertz CT molecular complexity index is 3450. The number of rotatable bonds is 5. The Morgan fingerprint density at radius 2 is 0.938 bits per heavy atom. The molecule has 2 heterocycles. The molecular formula is C57H41F3N4. The molecule has 0 radical (unpaired) electrons. The van der Waals surface area contributed by atoms with Crippen LogP contribution in [0.4, 0.5) is 18.9 Å². The zero-order chi connectivity index (χ0) is 44.8. The first kappa shape index (κ1) is 40.2. The summed E-state index contributed by atoms with van der Waals surface area (Å²) in [6, 6.07) is 47.2. The fraction of sp³-hybridized carbons (Fsp3) is 0.123. The van der Waals surface area contributed by atoms with Crippen LogP contribution >= 0.6 is 0 Å². The average molecular weight is 839 g/mol. The molecule has 0 N–H and O–H groups in total. The quantitative estimate of drug-likeness (QED) is 0.159. The lowest BCUT2D eigenvalue weighted by molar-refractivity contribution is -0.137. The van der Waals surface area contributed by atoms with Gasteiger partial charge in [0.05, 0.1) is 51.6 Å². The summed E-state index contributed by atoms with van der Waals surface area (Å²) >= 11 is 0. The maximum absolute atomic E-state index is 14.4. The molecule has 0 bridgehead atoms. The van der Waals surface area contributed by atoms with Gasteiger partial charge in [-0.3, -0.25) is 0 Å². The van der Waals surface area contributed by atoms with Crippen LogP contribution in [0, 0.1) is 59.4 Å². The number of benzene rings is 8. The van der Waals surface area contributed by atoms with Gasteiger partial charge in [0.1, 0.15) is 0 Å². The van der Waals surface area contributed by atoms with Gasteiger partial charge in [-0.1, -0.05) is 108 Å². The van der Waals surface area contributed by atoms with E-state index in [1.54, 1.807) is 0 Å². The molecule has 0 unspecified atom stereocenters. The first-order chi connectivity index (χ1) is 30.7. The number of nitriles is 1. The van der Waals surface area contributed by atoms with Gasteiger partial charge in [0.25, 0.3) is 0 Å². The highest BCUT2D eigenvalue weighted by Gasteiger charge is 2.32. The summed E-state index contributed by atoms with van der Waals surface area (Å²) in [5.41, 5.74) is 15.8. The van der Waals surface area contributed by atoms with E-state index in [0.29, 0.717) is 28.1 Å². The second-order valence-electron chi connectivity index (χ2n) is 17.1. The highest BCUT2D eigenvalue weighted by Crippen LogP contribution is 2.48. The van der Waals surface area contributed by atoms with E-state index in [1.165, 1.54) is 17.2 Å². The number of hydrogen-bond acceptors (Lipinski definition) is 1. The Hall–Kier alpha value is -7.87. The molecule has 0 aliphatic carbocycles. The second-order valence-corrected chi connectivity index (χ2v) is 17.1. The summed E-state index contributed by atoms with van der Waals surface area (Å²) in [4.78, 5) is 3.78. The Labute approximate surface area is 369 Å². The molecule has 0 saturated heterocycles. The molecule has 2 aromatic heterocycles. The molecule has 0 aliphatic heterocycles. The number of aromatic nitrogens is 2. The van der Waals surface area contributed by atoms with Crippen molar-refractivity contribution < 1.29 is 13.2 Å².